The summed E-state index contributed by atoms with van der Waals surface area (Å²) in [4.78, 5) is 15.2. The minimum atomic E-state index is -1.07. The van der Waals surface area contributed by atoms with Crippen LogP contribution in [0.15, 0.2) is 30.3 Å². The van der Waals surface area contributed by atoms with Crippen LogP contribution in [-0.4, -0.2) is 35.9 Å². The average Bonchev–Trinajstić information content (AvgIpc) is 2.50. The molecule has 2 aromatic rings. The van der Waals surface area contributed by atoms with Gasteiger partial charge in [0.05, 0.1) is 6.61 Å². The van der Waals surface area contributed by atoms with E-state index in [0.717, 1.165) is 23.6 Å². The minimum absolute atomic E-state index is 0.0180. The molecule has 0 aliphatic carbocycles. The summed E-state index contributed by atoms with van der Waals surface area (Å²) in [6.07, 6.45) is 2.11. The summed E-state index contributed by atoms with van der Waals surface area (Å²) in [5, 5.41) is 10.7. The largest absolute Gasteiger partial charge is 0.477 e. The lowest BCUT2D eigenvalue weighted by atomic mass is 10.1. The Hall–Kier alpha value is -2.14. The lowest BCUT2D eigenvalue weighted by molar-refractivity contribution is 0.0688. The smallest absolute Gasteiger partial charge is 0.354 e. The molecule has 1 N–H and O–H groups in total. The van der Waals surface area contributed by atoms with Crippen LogP contribution in [0.25, 0.3) is 10.8 Å². The van der Waals surface area contributed by atoms with Crippen LogP contribution in [0.4, 0.5) is 0 Å². The number of benzene rings is 1. The molecule has 5 nitrogen and oxygen atoms in total. The summed E-state index contributed by atoms with van der Waals surface area (Å²) in [5.41, 5.74) is -0.0180. The number of hydrogen-bond acceptors (Lipinski definition) is 4. The fraction of sp³-hybridized carbons (Fsp3) is 0.375. The quantitative estimate of drug-likeness (QED) is 0.756. The number of carboxylic acid groups (broad SMARTS) is 1. The van der Waals surface area contributed by atoms with E-state index in [1.165, 1.54) is 0 Å². The topological polar surface area (TPSA) is 68.7 Å². The molecule has 0 saturated heterocycles. The molecule has 0 bridgehead atoms. The number of nitrogens with zero attached hydrogens (tertiary/aromatic N) is 1. The van der Waals surface area contributed by atoms with Crippen molar-refractivity contribution < 1.29 is 19.4 Å². The standard InChI is InChI=1S/C16H19NO4/c1-2-3-8-20-9-10-21-15-13-7-5-4-6-12(13)11-14(17-15)16(18)19/h4-7,11H,2-3,8-10H2,1H3,(H,18,19). The number of ether oxygens (including phenoxy) is 2. The number of aromatic nitrogens is 1. The van der Waals surface area contributed by atoms with Gasteiger partial charge in [0.25, 0.3) is 0 Å². The minimum Gasteiger partial charge on any atom is -0.477 e. The average molecular weight is 289 g/mol. The van der Waals surface area contributed by atoms with Crippen molar-refractivity contribution in [3.63, 3.8) is 0 Å². The molecule has 0 aliphatic rings. The van der Waals surface area contributed by atoms with Crippen molar-refractivity contribution in [3.05, 3.63) is 36.0 Å². The summed E-state index contributed by atoms with van der Waals surface area (Å²) >= 11 is 0. The van der Waals surface area contributed by atoms with Crippen LogP contribution in [0.2, 0.25) is 0 Å². The number of pyridine rings is 1. The third-order valence-electron chi connectivity index (χ3n) is 3.03. The summed E-state index contributed by atoms with van der Waals surface area (Å²) in [6.45, 7) is 3.63. The van der Waals surface area contributed by atoms with Crippen LogP contribution in [0.3, 0.4) is 0 Å². The van der Waals surface area contributed by atoms with Gasteiger partial charge in [-0.1, -0.05) is 31.5 Å². The predicted molar refractivity (Wildman–Crippen MR) is 79.9 cm³/mol. The highest BCUT2D eigenvalue weighted by Gasteiger charge is 2.11. The maximum atomic E-state index is 11.1. The van der Waals surface area contributed by atoms with Crippen molar-refractivity contribution in [2.45, 2.75) is 19.8 Å². The molecule has 0 saturated carbocycles. The number of hydrogen-bond donors (Lipinski definition) is 1. The van der Waals surface area contributed by atoms with Crippen LogP contribution >= 0.6 is 0 Å². The van der Waals surface area contributed by atoms with Crippen molar-refractivity contribution in [3.8, 4) is 5.88 Å². The van der Waals surface area contributed by atoms with Gasteiger partial charge in [-0.2, -0.15) is 0 Å². The molecule has 5 heteroatoms. The fourth-order valence-electron chi connectivity index (χ4n) is 1.93. The zero-order chi connectivity index (χ0) is 15.1. The molecule has 0 radical (unpaired) electrons. The maximum Gasteiger partial charge on any atom is 0.354 e. The van der Waals surface area contributed by atoms with Crippen molar-refractivity contribution in [2.24, 2.45) is 0 Å². The van der Waals surface area contributed by atoms with E-state index in [4.69, 9.17) is 14.6 Å². The molecule has 21 heavy (non-hydrogen) atoms. The van der Waals surface area contributed by atoms with E-state index < -0.39 is 5.97 Å². The number of fused-ring (bicyclic) bond motifs is 1. The third kappa shape index (κ3) is 4.16. The zero-order valence-electron chi connectivity index (χ0n) is 12.0. The van der Waals surface area contributed by atoms with Gasteiger partial charge in [0.15, 0.2) is 5.69 Å². The molecule has 112 valence electrons. The first kappa shape index (κ1) is 15.3. The molecule has 1 aromatic carbocycles. The molecule has 0 fully saturated rings. The van der Waals surface area contributed by atoms with Gasteiger partial charge in [-0.15, -0.1) is 0 Å². The Balaban J connectivity index is 2.08. The number of carbonyl (C=O) groups is 1. The SMILES string of the molecule is CCCCOCCOc1nc(C(=O)O)cc2ccccc12. The van der Waals surface area contributed by atoms with Gasteiger partial charge < -0.3 is 14.6 Å². The molecule has 0 amide bonds. The van der Waals surface area contributed by atoms with E-state index in [9.17, 15) is 4.79 Å². The van der Waals surface area contributed by atoms with Gasteiger partial charge in [-0.25, -0.2) is 9.78 Å². The Morgan fingerprint density at radius 2 is 2.05 bits per heavy atom. The van der Waals surface area contributed by atoms with E-state index in [1.54, 1.807) is 6.07 Å². The number of unbranched alkanes of at least 4 members (excludes halogenated alkanes) is 1. The van der Waals surface area contributed by atoms with Gasteiger partial charge in [-0.3, -0.25) is 0 Å². The second-order valence-electron chi connectivity index (χ2n) is 4.65. The van der Waals surface area contributed by atoms with E-state index in [2.05, 4.69) is 11.9 Å². The molecule has 0 atom stereocenters. The highest BCUT2D eigenvalue weighted by molar-refractivity contribution is 5.94. The Kier molecular flexibility index (Phi) is 5.51. The predicted octanol–water partition coefficient (Wildman–Crippen LogP) is 3.13. The Morgan fingerprint density at radius 1 is 1.24 bits per heavy atom. The summed E-state index contributed by atoms with van der Waals surface area (Å²) in [7, 11) is 0. The normalized spacial score (nSPS) is 10.7. The molecule has 0 unspecified atom stereocenters. The van der Waals surface area contributed by atoms with Gasteiger partial charge in [0.2, 0.25) is 5.88 Å². The number of rotatable bonds is 8. The molecule has 1 aromatic heterocycles. The molecular formula is C16H19NO4. The zero-order valence-corrected chi connectivity index (χ0v) is 12.0. The summed E-state index contributed by atoms with van der Waals surface area (Å²) < 4.78 is 11.0. The van der Waals surface area contributed by atoms with Crippen molar-refractivity contribution >= 4 is 16.7 Å². The maximum absolute atomic E-state index is 11.1. The van der Waals surface area contributed by atoms with Crippen LogP contribution in [0, 0.1) is 0 Å². The lowest BCUT2D eigenvalue weighted by Crippen LogP contribution is -2.10. The monoisotopic (exact) mass is 289 g/mol. The van der Waals surface area contributed by atoms with E-state index in [0.29, 0.717) is 25.7 Å². The Labute approximate surface area is 123 Å². The lowest BCUT2D eigenvalue weighted by Gasteiger charge is -2.10. The molecule has 2 rings (SSSR count). The first-order valence-electron chi connectivity index (χ1n) is 7.06. The van der Waals surface area contributed by atoms with Crippen LogP contribution in [0.1, 0.15) is 30.3 Å². The number of aromatic carboxylic acids is 1. The van der Waals surface area contributed by atoms with Gasteiger partial charge >= 0.3 is 5.97 Å². The van der Waals surface area contributed by atoms with E-state index >= 15 is 0 Å². The first-order chi connectivity index (χ1) is 10.2. The van der Waals surface area contributed by atoms with Gasteiger partial charge in [-0.05, 0) is 23.9 Å². The summed E-state index contributed by atoms with van der Waals surface area (Å²) in [5.74, 6) is -0.727. The second-order valence-corrected chi connectivity index (χ2v) is 4.65. The summed E-state index contributed by atoms with van der Waals surface area (Å²) in [6, 6.07) is 8.97. The Morgan fingerprint density at radius 3 is 2.81 bits per heavy atom. The fourth-order valence-corrected chi connectivity index (χ4v) is 1.93. The van der Waals surface area contributed by atoms with E-state index in [1.807, 2.05) is 24.3 Å². The highest BCUT2D eigenvalue weighted by atomic mass is 16.5. The first-order valence-corrected chi connectivity index (χ1v) is 7.06. The molecular weight excluding hydrogens is 270 g/mol. The van der Waals surface area contributed by atoms with Crippen LogP contribution < -0.4 is 4.74 Å². The second kappa shape index (κ2) is 7.59. The van der Waals surface area contributed by atoms with Gasteiger partial charge in [0, 0.05) is 12.0 Å². The molecule has 0 aliphatic heterocycles. The Bertz CT molecular complexity index is 612. The van der Waals surface area contributed by atoms with Crippen LogP contribution in [0.5, 0.6) is 5.88 Å². The third-order valence-corrected chi connectivity index (χ3v) is 3.03. The highest BCUT2D eigenvalue weighted by Crippen LogP contribution is 2.24. The van der Waals surface area contributed by atoms with Crippen molar-refractivity contribution in [1.29, 1.82) is 0 Å². The van der Waals surface area contributed by atoms with Gasteiger partial charge in [0.1, 0.15) is 6.61 Å². The van der Waals surface area contributed by atoms with Crippen molar-refractivity contribution in [1.82, 2.24) is 4.98 Å². The molecule has 0 spiro atoms. The molecule has 1 heterocycles. The van der Waals surface area contributed by atoms with E-state index in [-0.39, 0.29) is 5.69 Å². The number of carboxylic acids is 1. The van der Waals surface area contributed by atoms with Crippen LogP contribution in [-0.2, 0) is 4.74 Å². The van der Waals surface area contributed by atoms with Crippen molar-refractivity contribution in [2.75, 3.05) is 19.8 Å².